The van der Waals surface area contributed by atoms with Gasteiger partial charge in [-0.2, -0.15) is 0 Å². The quantitative estimate of drug-likeness (QED) is 0.520. The Kier molecular flexibility index (Phi) is 4.08. The van der Waals surface area contributed by atoms with Gasteiger partial charge in [-0.3, -0.25) is 0 Å². The van der Waals surface area contributed by atoms with E-state index < -0.39 is 0 Å². The molecule has 0 bridgehead atoms. The highest BCUT2D eigenvalue weighted by atomic mass is 15.5. The fourth-order valence-electron chi connectivity index (χ4n) is 5.43. The summed E-state index contributed by atoms with van der Waals surface area (Å²) in [5, 5.41) is 0. The molecule has 3 heterocycles. The van der Waals surface area contributed by atoms with Crippen LogP contribution in [-0.2, 0) is 0 Å². The van der Waals surface area contributed by atoms with Gasteiger partial charge < -0.3 is 0 Å². The van der Waals surface area contributed by atoms with Gasteiger partial charge in [0.25, 0.3) is 22.8 Å². The van der Waals surface area contributed by atoms with E-state index in [4.69, 9.17) is 0 Å². The van der Waals surface area contributed by atoms with Crippen LogP contribution in [0, 0.1) is 34.6 Å². The zero-order valence-electron chi connectivity index (χ0n) is 19.0. The third kappa shape index (κ3) is 2.41. The predicted octanol–water partition coefficient (Wildman–Crippen LogP) is 5.31. The third-order valence-electron chi connectivity index (χ3n) is 6.77. The Balaban J connectivity index is 1.89. The molecular formula is C27H30N3+3. The molecule has 150 valence electrons. The molecule has 0 aliphatic carbocycles. The normalized spacial score (nSPS) is 15.4. The lowest BCUT2D eigenvalue weighted by atomic mass is 10.1. The molecule has 2 aromatic carbocycles. The van der Waals surface area contributed by atoms with Gasteiger partial charge in [0.15, 0.2) is 0 Å². The lowest BCUT2D eigenvalue weighted by Crippen LogP contribution is -2.45. The minimum Gasteiger partial charge on any atom is -0.0649 e. The zero-order valence-corrected chi connectivity index (χ0v) is 19.0. The Bertz CT molecular complexity index is 1170. The molecule has 5 rings (SSSR count). The summed E-state index contributed by atoms with van der Waals surface area (Å²) in [7, 11) is 0. The van der Waals surface area contributed by atoms with Crippen LogP contribution >= 0.6 is 0 Å². The average molecular weight is 397 g/mol. The Hall–Kier alpha value is -3.07. The molecule has 1 aromatic heterocycles. The maximum atomic E-state index is 2.55. The van der Waals surface area contributed by atoms with Gasteiger partial charge in [0.05, 0.1) is 0 Å². The van der Waals surface area contributed by atoms with E-state index in [-0.39, 0.29) is 6.29 Å². The summed E-state index contributed by atoms with van der Waals surface area (Å²) < 4.78 is 7.62. The fourth-order valence-corrected chi connectivity index (χ4v) is 5.43. The third-order valence-corrected chi connectivity index (χ3v) is 6.77. The number of aryl methyl sites for hydroxylation is 5. The Labute approximate surface area is 179 Å². The molecule has 3 aromatic rings. The summed E-state index contributed by atoms with van der Waals surface area (Å²) in [4.78, 5) is 0. The molecule has 0 saturated carbocycles. The van der Waals surface area contributed by atoms with Crippen molar-refractivity contribution in [3.05, 3.63) is 87.7 Å². The van der Waals surface area contributed by atoms with Gasteiger partial charge in [-0.25, -0.2) is 0 Å². The second kappa shape index (κ2) is 6.46. The summed E-state index contributed by atoms with van der Waals surface area (Å²) in [6, 6.07) is 17.9. The molecule has 0 N–H and O–H groups in total. The molecular weight excluding hydrogens is 366 g/mol. The molecule has 0 atom stereocenters. The van der Waals surface area contributed by atoms with Crippen LogP contribution in [0.4, 0.5) is 11.4 Å². The van der Waals surface area contributed by atoms with Gasteiger partial charge in [0, 0.05) is 48.2 Å². The van der Waals surface area contributed by atoms with Gasteiger partial charge >= 0.3 is 6.29 Å². The number of pyridine rings is 1. The van der Waals surface area contributed by atoms with Gasteiger partial charge in [-0.15, -0.1) is 0 Å². The smallest absolute Gasteiger partial charge is 0.0649 e. The summed E-state index contributed by atoms with van der Waals surface area (Å²) in [6.45, 7) is 15.6. The molecule has 0 spiro atoms. The van der Waals surface area contributed by atoms with Crippen LogP contribution in [0.15, 0.2) is 48.5 Å². The van der Waals surface area contributed by atoms with Crippen molar-refractivity contribution in [2.24, 2.45) is 0 Å². The topological polar surface area (TPSA) is 9.90 Å². The molecule has 0 radical (unpaired) electrons. The molecule has 30 heavy (non-hydrogen) atoms. The molecule has 0 amide bonds. The van der Waals surface area contributed by atoms with E-state index in [2.05, 4.69) is 111 Å². The standard InChI is InChI=1S/C27H30N3/c1-16-14-23-21(6)28(25-17(2)10-8-11-18(25)3)27-29(22(7)24(15-16)30(23)27)26-19(4)12-9-13-20(26)5/h8-15,27H,1-7H3/q+3. The van der Waals surface area contributed by atoms with Crippen molar-refractivity contribution < 1.29 is 13.7 Å². The first-order valence-electron chi connectivity index (χ1n) is 10.8. The summed E-state index contributed by atoms with van der Waals surface area (Å²) in [6.07, 6.45) is 0.0789. The van der Waals surface area contributed by atoms with E-state index >= 15 is 0 Å². The lowest BCUT2D eigenvalue weighted by molar-refractivity contribution is -0.968. The second-order valence-electron chi connectivity index (χ2n) is 8.91. The first kappa shape index (κ1) is 18.9. The number of nitrogens with zero attached hydrogens (tertiary/aromatic N) is 3. The van der Waals surface area contributed by atoms with Crippen LogP contribution in [0.25, 0.3) is 0 Å². The maximum Gasteiger partial charge on any atom is 0.555 e. The summed E-state index contributed by atoms with van der Waals surface area (Å²) in [5.41, 5.74) is 14.4. The number of hydrogen-bond acceptors (Lipinski definition) is 0. The first-order chi connectivity index (χ1) is 14.3. The molecule has 0 saturated heterocycles. The number of rotatable bonds is 2. The van der Waals surface area contributed by atoms with Gasteiger partial charge in [0.2, 0.25) is 11.4 Å². The number of aromatic nitrogens is 1. The largest absolute Gasteiger partial charge is 0.555 e. The van der Waals surface area contributed by atoms with Crippen LogP contribution in [0.2, 0.25) is 0 Å². The molecule has 0 unspecified atom stereocenters. The van der Waals surface area contributed by atoms with Crippen molar-refractivity contribution in [1.29, 1.82) is 0 Å². The molecule has 3 nitrogen and oxygen atoms in total. The van der Waals surface area contributed by atoms with E-state index in [1.54, 1.807) is 0 Å². The van der Waals surface area contributed by atoms with Crippen LogP contribution < -0.4 is 4.57 Å². The van der Waals surface area contributed by atoms with Gasteiger partial charge in [-0.05, 0) is 40.2 Å². The molecule has 2 aliphatic heterocycles. The van der Waals surface area contributed by atoms with Crippen molar-refractivity contribution >= 4 is 22.8 Å². The monoisotopic (exact) mass is 396 g/mol. The Morgan fingerprint density at radius 2 is 0.933 bits per heavy atom. The Morgan fingerprint density at radius 3 is 1.30 bits per heavy atom. The van der Waals surface area contributed by atoms with E-state index in [9.17, 15) is 0 Å². The minimum atomic E-state index is 0.0789. The molecule has 2 aliphatic rings. The SMILES string of the molecule is CC1=[N+](c2c(C)cccc2C)C2[N+](c3c(C)cccc3C)=C(C)c3cc(C)cc1[n+]32. The number of para-hydroxylation sites is 2. The minimum absolute atomic E-state index is 0.0789. The van der Waals surface area contributed by atoms with Crippen LogP contribution in [0.3, 0.4) is 0 Å². The highest BCUT2D eigenvalue weighted by Crippen LogP contribution is 2.38. The van der Waals surface area contributed by atoms with Gasteiger partial charge in [-0.1, -0.05) is 50.1 Å². The molecule has 0 fully saturated rings. The summed E-state index contributed by atoms with van der Waals surface area (Å²) >= 11 is 0. The van der Waals surface area contributed by atoms with Crippen molar-refractivity contribution in [3.63, 3.8) is 0 Å². The zero-order chi connectivity index (χ0) is 21.3. The average Bonchev–Trinajstić information content (AvgIpc) is 3.11. The number of benzene rings is 2. The van der Waals surface area contributed by atoms with Crippen LogP contribution in [-0.4, -0.2) is 20.6 Å². The van der Waals surface area contributed by atoms with Crippen LogP contribution in [0.5, 0.6) is 0 Å². The number of hydrogen-bond donors (Lipinski definition) is 0. The lowest BCUT2D eigenvalue weighted by Gasteiger charge is -2.10. The van der Waals surface area contributed by atoms with Crippen molar-refractivity contribution in [3.8, 4) is 0 Å². The summed E-state index contributed by atoms with van der Waals surface area (Å²) in [5.74, 6) is 0. The highest BCUT2D eigenvalue weighted by Gasteiger charge is 2.62. The van der Waals surface area contributed by atoms with E-state index in [0.717, 1.165) is 0 Å². The predicted molar refractivity (Wildman–Crippen MR) is 122 cm³/mol. The van der Waals surface area contributed by atoms with Crippen LogP contribution in [0.1, 0.15) is 59.3 Å². The van der Waals surface area contributed by atoms with E-state index in [0.29, 0.717) is 0 Å². The Morgan fingerprint density at radius 1 is 0.567 bits per heavy atom. The van der Waals surface area contributed by atoms with Crippen molar-refractivity contribution in [2.75, 3.05) is 0 Å². The first-order valence-corrected chi connectivity index (χ1v) is 10.8. The van der Waals surface area contributed by atoms with Crippen molar-refractivity contribution in [1.82, 2.24) is 0 Å². The van der Waals surface area contributed by atoms with Gasteiger partial charge in [0.1, 0.15) is 0 Å². The highest BCUT2D eigenvalue weighted by molar-refractivity contribution is 5.97. The fraction of sp³-hybridized carbons (Fsp3) is 0.296. The van der Waals surface area contributed by atoms with E-state index in [1.165, 1.54) is 62.0 Å². The van der Waals surface area contributed by atoms with E-state index in [1.807, 2.05) is 0 Å². The van der Waals surface area contributed by atoms with Crippen molar-refractivity contribution in [2.45, 2.75) is 54.8 Å². The molecule has 3 heteroatoms. The maximum absolute atomic E-state index is 2.55. The second-order valence-corrected chi connectivity index (χ2v) is 8.91.